The average molecular weight is 300 g/mol. The summed E-state index contributed by atoms with van der Waals surface area (Å²) in [6.45, 7) is 1.87. The second-order valence-electron chi connectivity index (χ2n) is 4.88. The van der Waals surface area contributed by atoms with E-state index in [0.717, 1.165) is 11.1 Å². The maximum Gasteiger partial charge on any atom is 0.262 e. The molecular formula is C16H13FN2OS. The molecule has 106 valence electrons. The fourth-order valence-corrected chi connectivity index (χ4v) is 2.77. The molecule has 3 nitrogen and oxygen atoms in total. The van der Waals surface area contributed by atoms with Crippen molar-refractivity contribution >= 4 is 23.1 Å². The normalized spacial score (nSPS) is 12.5. The lowest BCUT2D eigenvalue weighted by Gasteiger charge is -2.16. The fourth-order valence-electron chi connectivity index (χ4n) is 2.42. The number of hydrogen-bond acceptors (Lipinski definition) is 2. The predicted octanol–water partition coefficient (Wildman–Crippen LogP) is 3.81. The zero-order valence-electron chi connectivity index (χ0n) is 11.3. The summed E-state index contributed by atoms with van der Waals surface area (Å²) in [4.78, 5) is 15.7. The van der Waals surface area contributed by atoms with Gasteiger partial charge in [0.25, 0.3) is 5.56 Å². The topological polar surface area (TPSA) is 37.8 Å². The number of aromatic amines is 1. The molecule has 1 unspecified atom stereocenters. The van der Waals surface area contributed by atoms with Gasteiger partial charge in [-0.05, 0) is 49.0 Å². The first kappa shape index (κ1) is 13.7. The van der Waals surface area contributed by atoms with E-state index in [1.54, 1.807) is 18.2 Å². The average Bonchev–Trinajstić information content (AvgIpc) is 2.48. The Morgan fingerprint density at radius 1 is 1.14 bits per heavy atom. The SMILES string of the molecule is CC(c1ccc(F)cc1)n1c(=S)[nH]c2ccccc2c1=O. The molecule has 1 N–H and O–H groups in total. The molecular weight excluding hydrogens is 287 g/mol. The first-order valence-corrected chi connectivity index (χ1v) is 6.98. The Hall–Kier alpha value is -2.27. The largest absolute Gasteiger partial charge is 0.332 e. The molecule has 0 saturated carbocycles. The van der Waals surface area contributed by atoms with E-state index in [4.69, 9.17) is 12.2 Å². The van der Waals surface area contributed by atoms with Crippen LogP contribution in [-0.4, -0.2) is 9.55 Å². The standard InChI is InChI=1S/C16H13FN2OS/c1-10(11-6-8-12(17)9-7-11)19-15(20)13-4-2-3-5-14(13)18-16(19)21/h2-10H,1H3,(H,18,21). The Morgan fingerprint density at radius 3 is 2.52 bits per heavy atom. The zero-order valence-corrected chi connectivity index (χ0v) is 12.2. The Morgan fingerprint density at radius 2 is 1.81 bits per heavy atom. The molecule has 0 aliphatic rings. The number of benzene rings is 2. The van der Waals surface area contributed by atoms with E-state index in [9.17, 15) is 9.18 Å². The molecule has 1 atom stereocenters. The van der Waals surface area contributed by atoms with Gasteiger partial charge in [0.2, 0.25) is 0 Å². The number of fused-ring (bicyclic) bond motifs is 1. The highest BCUT2D eigenvalue weighted by Gasteiger charge is 2.13. The van der Waals surface area contributed by atoms with Crippen molar-refractivity contribution in [2.45, 2.75) is 13.0 Å². The molecule has 1 heterocycles. The molecule has 0 spiro atoms. The van der Waals surface area contributed by atoms with Gasteiger partial charge < -0.3 is 4.98 Å². The first-order chi connectivity index (χ1) is 10.1. The maximum atomic E-state index is 13.0. The van der Waals surface area contributed by atoms with Gasteiger partial charge in [0.05, 0.1) is 16.9 Å². The van der Waals surface area contributed by atoms with Gasteiger partial charge in [-0.3, -0.25) is 9.36 Å². The Balaban J connectivity index is 2.22. The third-order valence-electron chi connectivity index (χ3n) is 3.58. The van der Waals surface area contributed by atoms with Gasteiger partial charge in [0, 0.05) is 0 Å². The molecule has 0 bridgehead atoms. The molecule has 0 saturated heterocycles. The van der Waals surface area contributed by atoms with Crippen molar-refractivity contribution in [2.75, 3.05) is 0 Å². The number of H-pyrrole nitrogens is 1. The van der Waals surface area contributed by atoms with Gasteiger partial charge in [-0.1, -0.05) is 24.3 Å². The number of hydrogen-bond donors (Lipinski definition) is 1. The van der Waals surface area contributed by atoms with E-state index in [0.29, 0.717) is 10.2 Å². The van der Waals surface area contributed by atoms with Crippen LogP contribution in [0.15, 0.2) is 53.3 Å². The van der Waals surface area contributed by atoms with Gasteiger partial charge in [0.1, 0.15) is 5.82 Å². The smallest absolute Gasteiger partial charge is 0.262 e. The van der Waals surface area contributed by atoms with Crippen LogP contribution in [0.1, 0.15) is 18.5 Å². The minimum absolute atomic E-state index is 0.147. The highest BCUT2D eigenvalue weighted by atomic mass is 32.1. The highest BCUT2D eigenvalue weighted by molar-refractivity contribution is 7.71. The van der Waals surface area contributed by atoms with E-state index in [1.807, 2.05) is 25.1 Å². The summed E-state index contributed by atoms with van der Waals surface area (Å²) in [6.07, 6.45) is 0. The first-order valence-electron chi connectivity index (χ1n) is 6.57. The van der Waals surface area contributed by atoms with E-state index in [2.05, 4.69) is 4.98 Å². The van der Waals surface area contributed by atoms with Crippen LogP contribution in [0.25, 0.3) is 10.9 Å². The van der Waals surface area contributed by atoms with E-state index >= 15 is 0 Å². The highest BCUT2D eigenvalue weighted by Crippen LogP contribution is 2.18. The minimum atomic E-state index is -0.304. The van der Waals surface area contributed by atoms with Crippen LogP contribution in [0.5, 0.6) is 0 Å². The molecule has 0 fully saturated rings. The molecule has 0 radical (unpaired) electrons. The summed E-state index contributed by atoms with van der Waals surface area (Å²) in [5.74, 6) is -0.304. The summed E-state index contributed by atoms with van der Waals surface area (Å²) < 4.78 is 14.9. The lowest BCUT2D eigenvalue weighted by Crippen LogP contribution is -2.25. The third kappa shape index (κ3) is 2.40. The number of para-hydroxylation sites is 1. The van der Waals surface area contributed by atoms with Crippen molar-refractivity contribution in [1.82, 2.24) is 9.55 Å². The summed E-state index contributed by atoms with van der Waals surface area (Å²) >= 11 is 5.30. The monoisotopic (exact) mass is 300 g/mol. The van der Waals surface area contributed by atoms with E-state index in [-0.39, 0.29) is 17.4 Å². The Bertz CT molecular complexity index is 912. The molecule has 1 aromatic heterocycles. The van der Waals surface area contributed by atoms with Crippen molar-refractivity contribution in [3.63, 3.8) is 0 Å². The molecule has 0 aliphatic heterocycles. The quantitative estimate of drug-likeness (QED) is 0.731. The number of aromatic nitrogens is 2. The lowest BCUT2D eigenvalue weighted by molar-refractivity contribution is 0.593. The molecule has 0 aliphatic carbocycles. The van der Waals surface area contributed by atoms with Crippen LogP contribution in [0.3, 0.4) is 0 Å². The number of halogens is 1. The zero-order chi connectivity index (χ0) is 15.0. The predicted molar refractivity (Wildman–Crippen MR) is 83.6 cm³/mol. The fraction of sp³-hybridized carbons (Fsp3) is 0.125. The summed E-state index contributed by atoms with van der Waals surface area (Å²) in [5.41, 5.74) is 1.40. The van der Waals surface area contributed by atoms with Crippen molar-refractivity contribution in [2.24, 2.45) is 0 Å². The molecule has 2 aromatic carbocycles. The number of nitrogens with zero attached hydrogens (tertiary/aromatic N) is 1. The van der Waals surface area contributed by atoms with Crippen molar-refractivity contribution < 1.29 is 4.39 Å². The summed E-state index contributed by atoms with van der Waals surface area (Å²) in [7, 11) is 0. The maximum absolute atomic E-state index is 13.0. The molecule has 3 rings (SSSR count). The minimum Gasteiger partial charge on any atom is -0.332 e. The second kappa shape index (κ2) is 5.26. The van der Waals surface area contributed by atoms with Crippen LogP contribution < -0.4 is 5.56 Å². The lowest BCUT2D eigenvalue weighted by atomic mass is 10.1. The second-order valence-corrected chi connectivity index (χ2v) is 5.27. The van der Waals surface area contributed by atoms with E-state index < -0.39 is 0 Å². The Kier molecular flexibility index (Phi) is 3.43. The van der Waals surface area contributed by atoms with Gasteiger partial charge in [0.15, 0.2) is 4.77 Å². The third-order valence-corrected chi connectivity index (χ3v) is 3.88. The van der Waals surface area contributed by atoms with Crippen LogP contribution in [0, 0.1) is 10.6 Å². The van der Waals surface area contributed by atoms with E-state index in [1.165, 1.54) is 16.7 Å². The molecule has 3 aromatic rings. The van der Waals surface area contributed by atoms with Crippen molar-refractivity contribution in [1.29, 1.82) is 0 Å². The number of nitrogens with one attached hydrogen (secondary N) is 1. The summed E-state index contributed by atoms with van der Waals surface area (Å²) in [6, 6.07) is 13.1. The molecule has 0 amide bonds. The van der Waals surface area contributed by atoms with Crippen LogP contribution in [0.2, 0.25) is 0 Å². The van der Waals surface area contributed by atoms with Crippen molar-refractivity contribution in [3.05, 3.63) is 75.0 Å². The van der Waals surface area contributed by atoms with Crippen LogP contribution >= 0.6 is 12.2 Å². The number of rotatable bonds is 2. The van der Waals surface area contributed by atoms with Gasteiger partial charge in [-0.15, -0.1) is 0 Å². The van der Waals surface area contributed by atoms with Gasteiger partial charge in [-0.2, -0.15) is 0 Å². The van der Waals surface area contributed by atoms with Gasteiger partial charge >= 0.3 is 0 Å². The molecule has 21 heavy (non-hydrogen) atoms. The Labute approximate surface area is 125 Å². The van der Waals surface area contributed by atoms with Gasteiger partial charge in [-0.25, -0.2) is 4.39 Å². The summed E-state index contributed by atoms with van der Waals surface area (Å²) in [5, 5.41) is 0.583. The van der Waals surface area contributed by atoms with Crippen LogP contribution in [-0.2, 0) is 0 Å². The molecule has 5 heteroatoms. The van der Waals surface area contributed by atoms with Crippen molar-refractivity contribution in [3.8, 4) is 0 Å². The van der Waals surface area contributed by atoms with Crippen LogP contribution in [0.4, 0.5) is 4.39 Å².